The predicted molar refractivity (Wildman–Crippen MR) is 61.9 cm³/mol. The van der Waals surface area contributed by atoms with Gasteiger partial charge in [0, 0.05) is 37.3 Å². The number of anilines is 2. The maximum Gasteiger partial charge on any atom is 0.249 e. The minimum atomic E-state index is -2.50. The smallest absolute Gasteiger partial charge is 0.249 e. The molecule has 2 N–H and O–H groups in total. The molecule has 0 spiro atoms. The molecule has 1 saturated heterocycles. The van der Waals surface area contributed by atoms with Gasteiger partial charge in [0.2, 0.25) is 5.92 Å². The molecule has 2 nitrogen and oxygen atoms in total. The summed E-state index contributed by atoms with van der Waals surface area (Å²) in [7, 11) is 0. The number of nitrogen functional groups attached to an aromatic ring is 1. The van der Waals surface area contributed by atoms with Crippen molar-refractivity contribution >= 4 is 11.4 Å². The summed E-state index contributed by atoms with van der Waals surface area (Å²) in [6.45, 7) is 1.08. The standard InChI is InChI=1S/C12H16F2N2/c13-12(14)5-2-7-16(8-6-12)11-4-1-3-10(15)9-11/h1,3-4,9H,2,5-8,15H2. The summed E-state index contributed by atoms with van der Waals surface area (Å²) in [5.41, 5.74) is 7.30. The van der Waals surface area contributed by atoms with Crippen molar-refractivity contribution < 1.29 is 8.78 Å². The van der Waals surface area contributed by atoms with Gasteiger partial charge in [0.15, 0.2) is 0 Å². The lowest BCUT2D eigenvalue weighted by Crippen LogP contribution is -2.25. The van der Waals surface area contributed by atoms with E-state index in [1.165, 1.54) is 0 Å². The van der Waals surface area contributed by atoms with Gasteiger partial charge < -0.3 is 10.6 Å². The Morgan fingerprint density at radius 1 is 1.19 bits per heavy atom. The molecule has 2 rings (SSSR count). The number of nitrogens with zero attached hydrogens (tertiary/aromatic N) is 1. The quantitative estimate of drug-likeness (QED) is 0.746. The minimum Gasteiger partial charge on any atom is -0.399 e. The third-order valence-corrected chi connectivity index (χ3v) is 2.95. The van der Waals surface area contributed by atoms with E-state index in [2.05, 4.69) is 0 Å². The van der Waals surface area contributed by atoms with E-state index in [0.717, 1.165) is 5.69 Å². The van der Waals surface area contributed by atoms with Gasteiger partial charge in [-0.3, -0.25) is 0 Å². The molecular formula is C12H16F2N2. The molecule has 0 bridgehead atoms. The average Bonchev–Trinajstić information content (AvgIpc) is 2.39. The van der Waals surface area contributed by atoms with Gasteiger partial charge in [-0.05, 0) is 24.6 Å². The second-order valence-electron chi connectivity index (χ2n) is 4.29. The van der Waals surface area contributed by atoms with Gasteiger partial charge in [-0.1, -0.05) is 6.07 Å². The van der Waals surface area contributed by atoms with Gasteiger partial charge in [0.05, 0.1) is 0 Å². The molecule has 1 aromatic rings. The maximum absolute atomic E-state index is 13.2. The summed E-state index contributed by atoms with van der Waals surface area (Å²) in [5, 5.41) is 0. The first-order chi connectivity index (χ1) is 7.57. The molecular weight excluding hydrogens is 210 g/mol. The number of halogens is 2. The number of alkyl halides is 2. The fourth-order valence-electron chi connectivity index (χ4n) is 2.04. The Kier molecular flexibility index (Phi) is 2.99. The first-order valence-electron chi connectivity index (χ1n) is 5.55. The normalized spacial score (nSPS) is 20.5. The van der Waals surface area contributed by atoms with E-state index in [-0.39, 0.29) is 12.8 Å². The van der Waals surface area contributed by atoms with E-state index < -0.39 is 5.92 Å². The summed E-state index contributed by atoms with van der Waals surface area (Å²) in [6.07, 6.45) is 0.454. The Hall–Kier alpha value is -1.32. The molecule has 0 amide bonds. The lowest BCUT2D eigenvalue weighted by atomic mass is 10.1. The Morgan fingerprint density at radius 2 is 2.00 bits per heavy atom. The highest BCUT2D eigenvalue weighted by Gasteiger charge is 2.31. The predicted octanol–water partition coefficient (Wildman–Crippen LogP) is 2.89. The van der Waals surface area contributed by atoms with Crippen LogP contribution in [0.15, 0.2) is 24.3 Å². The van der Waals surface area contributed by atoms with Gasteiger partial charge >= 0.3 is 0 Å². The van der Waals surface area contributed by atoms with Gasteiger partial charge in [-0.15, -0.1) is 0 Å². The highest BCUT2D eigenvalue weighted by atomic mass is 19.3. The summed E-state index contributed by atoms with van der Waals surface area (Å²) in [4.78, 5) is 1.98. The Morgan fingerprint density at radius 3 is 2.75 bits per heavy atom. The van der Waals surface area contributed by atoms with Crippen LogP contribution in [0.25, 0.3) is 0 Å². The fourth-order valence-corrected chi connectivity index (χ4v) is 2.04. The maximum atomic E-state index is 13.2. The molecule has 1 aromatic carbocycles. The van der Waals surface area contributed by atoms with Gasteiger partial charge in [-0.2, -0.15) is 0 Å². The SMILES string of the molecule is Nc1cccc(N2CCCC(F)(F)CC2)c1. The third kappa shape index (κ3) is 2.62. The lowest BCUT2D eigenvalue weighted by Gasteiger charge is -2.23. The monoisotopic (exact) mass is 226 g/mol. The Balaban J connectivity index is 2.11. The number of benzene rings is 1. The highest BCUT2D eigenvalue weighted by molar-refractivity contribution is 5.55. The molecule has 1 fully saturated rings. The van der Waals surface area contributed by atoms with Crippen LogP contribution in [-0.2, 0) is 0 Å². The molecule has 0 unspecified atom stereocenters. The van der Waals surface area contributed by atoms with Crippen LogP contribution in [0.1, 0.15) is 19.3 Å². The summed E-state index contributed by atoms with van der Waals surface area (Å²) in [6, 6.07) is 7.41. The lowest BCUT2D eigenvalue weighted by molar-refractivity contribution is -0.0102. The zero-order valence-electron chi connectivity index (χ0n) is 9.13. The molecule has 88 valence electrons. The van der Waals surface area contributed by atoms with E-state index in [1.54, 1.807) is 6.07 Å². The van der Waals surface area contributed by atoms with Crippen LogP contribution < -0.4 is 10.6 Å². The summed E-state index contributed by atoms with van der Waals surface area (Å²) in [5.74, 6) is -2.50. The zero-order chi connectivity index (χ0) is 11.6. The second-order valence-corrected chi connectivity index (χ2v) is 4.29. The van der Waals surface area contributed by atoms with Crippen molar-refractivity contribution in [1.82, 2.24) is 0 Å². The van der Waals surface area contributed by atoms with Crippen LogP contribution in [0, 0.1) is 0 Å². The average molecular weight is 226 g/mol. The first-order valence-corrected chi connectivity index (χ1v) is 5.55. The van der Waals surface area contributed by atoms with Gasteiger partial charge in [0.1, 0.15) is 0 Å². The molecule has 1 aliphatic rings. The van der Waals surface area contributed by atoms with Crippen molar-refractivity contribution in [2.24, 2.45) is 0 Å². The van der Waals surface area contributed by atoms with Crippen molar-refractivity contribution in [1.29, 1.82) is 0 Å². The van der Waals surface area contributed by atoms with E-state index in [9.17, 15) is 8.78 Å². The molecule has 0 saturated carbocycles. The first kappa shape index (κ1) is 11.2. The topological polar surface area (TPSA) is 29.3 Å². The van der Waals surface area contributed by atoms with Crippen LogP contribution >= 0.6 is 0 Å². The van der Waals surface area contributed by atoms with Gasteiger partial charge in [0.25, 0.3) is 0 Å². The largest absolute Gasteiger partial charge is 0.399 e. The van der Waals surface area contributed by atoms with Crippen molar-refractivity contribution in [2.75, 3.05) is 23.7 Å². The minimum absolute atomic E-state index is 0.00812. The molecule has 4 heteroatoms. The second kappa shape index (κ2) is 4.28. The fraction of sp³-hybridized carbons (Fsp3) is 0.500. The number of hydrogen-bond donors (Lipinski definition) is 1. The van der Waals surface area contributed by atoms with E-state index >= 15 is 0 Å². The van der Waals surface area contributed by atoms with Gasteiger partial charge in [-0.25, -0.2) is 8.78 Å². The van der Waals surface area contributed by atoms with Crippen LogP contribution in [0.3, 0.4) is 0 Å². The molecule has 16 heavy (non-hydrogen) atoms. The van der Waals surface area contributed by atoms with Crippen molar-refractivity contribution in [3.63, 3.8) is 0 Å². The van der Waals surface area contributed by atoms with E-state index in [4.69, 9.17) is 5.73 Å². The van der Waals surface area contributed by atoms with Crippen LogP contribution in [-0.4, -0.2) is 19.0 Å². The molecule has 0 aromatic heterocycles. The van der Waals surface area contributed by atoms with E-state index in [1.807, 2.05) is 23.1 Å². The van der Waals surface area contributed by atoms with Crippen LogP contribution in [0.4, 0.5) is 20.2 Å². The molecule has 0 radical (unpaired) electrons. The Labute approximate surface area is 94.0 Å². The van der Waals surface area contributed by atoms with E-state index in [0.29, 0.717) is 25.2 Å². The Bertz CT molecular complexity index is 366. The summed E-state index contributed by atoms with van der Waals surface area (Å²) >= 11 is 0. The zero-order valence-corrected chi connectivity index (χ0v) is 9.13. The third-order valence-electron chi connectivity index (χ3n) is 2.95. The van der Waals surface area contributed by atoms with Crippen molar-refractivity contribution in [2.45, 2.75) is 25.2 Å². The molecule has 0 aliphatic carbocycles. The molecule has 1 heterocycles. The number of rotatable bonds is 1. The van der Waals surface area contributed by atoms with Crippen LogP contribution in [0.5, 0.6) is 0 Å². The summed E-state index contributed by atoms with van der Waals surface area (Å²) < 4.78 is 26.4. The molecule has 1 aliphatic heterocycles. The van der Waals surface area contributed by atoms with Crippen molar-refractivity contribution in [3.05, 3.63) is 24.3 Å². The number of hydrogen-bond acceptors (Lipinski definition) is 2. The molecule has 0 atom stereocenters. The highest BCUT2D eigenvalue weighted by Crippen LogP contribution is 2.30. The van der Waals surface area contributed by atoms with Crippen molar-refractivity contribution in [3.8, 4) is 0 Å². The van der Waals surface area contributed by atoms with Crippen LogP contribution in [0.2, 0.25) is 0 Å². The number of nitrogens with two attached hydrogens (primary N) is 1.